The predicted molar refractivity (Wildman–Crippen MR) is 85.5 cm³/mol. The van der Waals surface area contributed by atoms with Crippen LogP contribution in [0.5, 0.6) is 0 Å². The Morgan fingerprint density at radius 2 is 2.16 bits per heavy atom. The molecule has 0 amide bonds. The number of benzene rings is 1. The molecule has 1 aromatic carbocycles. The van der Waals surface area contributed by atoms with Crippen LogP contribution in [0.25, 0.3) is 0 Å². The first-order valence-electron chi connectivity index (χ1n) is 6.29. The molecule has 1 heterocycles. The largest absolute Gasteiger partial charge is 0.333 e. The zero-order valence-corrected chi connectivity index (χ0v) is 13.7. The summed E-state index contributed by atoms with van der Waals surface area (Å²) in [7, 11) is 0. The molecule has 0 saturated carbocycles. The van der Waals surface area contributed by atoms with Crippen LogP contribution in [-0.2, 0) is 0 Å². The fourth-order valence-electron chi connectivity index (χ4n) is 1.91. The van der Waals surface area contributed by atoms with E-state index in [4.69, 9.17) is 4.99 Å². The van der Waals surface area contributed by atoms with Gasteiger partial charge < -0.3 is 5.32 Å². The third-order valence-corrected chi connectivity index (χ3v) is 4.49. The van der Waals surface area contributed by atoms with Crippen molar-refractivity contribution in [3.05, 3.63) is 28.5 Å². The van der Waals surface area contributed by atoms with E-state index in [9.17, 15) is 4.39 Å². The van der Waals surface area contributed by atoms with Crippen molar-refractivity contribution in [2.45, 2.75) is 33.2 Å². The second kappa shape index (κ2) is 5.83. The van der Waals surface area contributed by atoms with Crippen molar-refractivity contribution in [2.24, 2.45) is 10.4 Å². The summed E-state index contributed by atoms with van der Waals surface area (Å²) in [4.78, 5) is 4.71. The van der Waals surface area contributed by atoms with Gasteiger partial charge in [-0.25, -0.2) is 4.39 Å². The number of anilines is 1. The van der Waals surface area contributed by atoms with Gasteiger partial charge in [-0.3, -0.25) is 4.99 Å². The minimum Gasteiger partial charge on any atom is -0.333 e. The van der Waals surface area contributed by atoms with E-state index in [1.165, 1.54) is 6.07 Å². The zero-order valence-electron chi connectivity index (χ0n) is 11.3. The van der Waals surface area contributed by atoms with Gasteiger partial charge in [-0.15, -0.1) is 0 Å². The Morgan fingerprint density at radius 1 is 1.42 bits per heavy atom. The molecule has 0 saturated heterocycles. The lowest BCUT2D eigenvalue weighted by atomic mass is 9.85. The number of nitrogens with zero attached hydrogens (tertiary/aromatic N) is 1. The maximum atomic E-state index is 13.7. The molecule has 0 fully saturated rings. The van der Waals surface area contributed by atoms with Gasteiger partial charge in [-0.05, 0) is 30.0 Å². The van der Waals surface area contributed by atoms with Crippen LogP contribution in [0.3, 0.4) is 0 Å². The lowest BCUT2D eigenvalue weighted by molar-refractivity contribution is 0.316. The van der Waals surface area contributed by atoms with Gasteiger partial charge in [0.1, 0.15) is 5.82 Å². The van der Waals surface area contributed by atoms with Crippen molar-refractivity contribution in [1.29, 1.82) is 0 Å². The molecule has 2 rings (SSSR count). The number of hydrogen-bond donors (Lipinski definition) is 1. The molecular formula is C14H18BrFN2S. The van der Waals surface area contributed by atoms with Crippen LogP contribution in [-0.4, -0.2) is 17.0 Å². The maximum absolute atomic E-state index is 13.7. The SMILES string of the molecule is CC(C)(C)C1CCSC(Nc2cc(Br)ccc2F)=N1. The highest BCUT2D eigenvalue weighted by molar-refractivity contribution is 9.10. The number of thioether (sulfide) groups is 1. The number of hydrogen-bond acceptors (Lipinski definition) is 3. The molecule has 0 radical (unpaired) electrons. The number of halogens is 2. The second-order valence-electron chi connectivity index (χ2n) is 5.70. The van der Waals surface area contributed by atoms with Gasteiger partial charge in [-0.2, -0.15) is 0 Å². The molecule has 1 aromatic rings. The molecule has 2 nitrogen and oxygen atoms in total. The normalized spacial score (nSPS) is 20.1. The van der Waals surface area contributed by atoms with Crippen molar-refractivity contribution >= 4 is 38.5 Å². The zero-order chi connectivity index (χ0) is 14.0. The molecule has 0 bridgehead atoms. The van der Waals surface area contributed by atoms with Gasteiger partial charge in [-0.1, -0.05) is 48.5 Å². The summed E-state index contributed by atoms with van der Waals surface area (Å²) in [5, 5.41) is 3.91. The fraction of sp³-hybridized carbons (Fsp3) is 0.500. The van der Waals surface area contributed by atoms with Gasteiger partial charge in [0.2, 0.25) is 0 Å². The smallest absolute Gasteiger partial charge is 0.161 e. The Labute approximate surface area is 126 Å². The molecule has 19 heavy (non-hydrogen) atoms. The third kappa shape index (κ3) is 3.96. The summed E-state index contributed by atoms with van der Waals surface area (Å²) in [5.74, 6) is 0.757. The van der Waals surface area contributed by atoms with Crippen molar-refractivity contribution in [3.8, 4) is 0 Å². The van der Waals surface area contributed by atoms with Gasteiger partial charge in [0.05, 0.1) is 11.7 Å². The Kier molecular flexibility index (Phi) is 4.56. The van der Waals surface area contributed by atoms with Gasteiger partial charge in [0, 0.05) is 10.2 Å². The first kappa shape index (κ1) is 14.9. The Balaban J connectivity index is 2.18. The highest BCUT2D eigenvalue weighted by Gasteiger charge is 2.27. The molecule has 0 aliphatic carbocycles. The van der Waals surface area contributed by atoms with Crippen LogP contribution < -0.4 is 5.32 Å². The Hall–Kier alpha value is -0.550. The standard InChI is InChI=1S/C14H18BrFN2S/c1-14(2,3)12-6-7-19-13(18-12)17-11-8-9(15)4-5-10(11)16/h4-5,8,12H,6-7H2,1-3H3,(H,17,18). The van der Waals surface area contributed by atoms with Crippen molar-refractivity contribution in [2.75, 3.05) is 11.1 Å². The van der Waals surface area contributed by atoms with Crippen LogP contribution in [0.4, 0.5) is 10.1 Å². The molecule has 1 atom stereocenters. The first-order valence-corrected chi connectivity index (χ1v) is 8.07. The van der Waals surface area contributed by atoms with E-state index in [1.54, 1.807) is 23.9 Å². The molecular weight excluding hydrogens is 327 g/mol. The van der Waals surface area contributed by atoms with E-state index in [-0.39, 0.29) is 17.3 Å². The molecule has 0 spiro atoms. The first-order chi connectivity index (χ1) is 8.86. The Morgan fingerprint density at radius 3 is 2.84 bits per heavy atom. The van der Waals surface area contributed by atoms with Crippen LogP contribution in [0, 0.1) is 11.2 Å². The molecule has 1 aliphatic rings. The molecule has 1 aliphatic heterocycles. The van der Waals surface area contributed by atoms with E-state index < -0.39 is 0 Å². The van der Waals surface area contributed by atoms with E-state index in [1.807, 2.05) is 0 Å². The van der Waals surface area contributed by atoms with E-state index >= 15 is 0 Å². The van der Waals surface area contributed by atoms with Crippen molar-refractivity contribution < 1.29 is 4.39 Å². The monoisotopic (exact) mass is 344 g/mol. The summed E-state index contributed by atoms with van der Waals surface area (Å²) in [6.07, 6.45) is 1.07. The van der Waals surface area contributed by atoms with Crippen LogP contribution in [0.1, 0.15) is 27.2 Å². The van der Waals surface area contributed by atoms with Gasteiger partial charge in [0.25, 0.3) is 0 Å². The molecule has 1 unspecified atom stereocenters. The molecule has 0 aromatic heterocycles. The van der Waals surface area contributed by atoms with Crippen LogP contribution >= 0.6 is 27.7 Å². The minimum absolute atomic E-state index is 0.143. The summed E-state index contributed by atoms with van der Waals surface area (Å²) in [6, 6.07) is 5.15. The van der Waals surface area contributed by atoms with E-state index in [0.29, 0.717) is 5.69 Å². The lowest BCUT2D eigenvalue weighted by Crippen LogP contribution is -2.30. The number of rotatable bonds is 1. The second-order valence-corrected chi connectivity index (χ2v) is 7.70. The average molecular weight is 345 g/mol. The topological polar surface area (TPSA) is 24.4 Å². The average Bonchev–Trinajstić information content (AvgIpc) is 2.33. The highest BCUT2D eigenvalue weighted by Crippen LogP contribution is 2.31. The van der Waals surface area contributed by atoms with E-state index in [2.05, 4.69) is 42.0 Å². The van der Waals surface area contributed by atoms with Crippen molar-refractivity contribution in [1.82, 2.24) is 0 Å². The van der Waals surface area contributed by atoms with Crippen LogP contribution in [0.2, 0.25) is 0 Å². The summed E-state index contributed by atoms with van der Waals surface area (Å²) in [6.45, 7) is 6.57. The number of nitrogens with one attached hydrogen (secondary N) is 1. The highest BCUT2D eigenvalue weighted by atomic mass is 79.9. The van der Waals surface area contributed by atoms with Gasteiger partial charge >= 0.3 is 0 Å². The summed E-state index contributed by atoms with van der Waals surface area (Å²) in [5.41, 5.74) is 0.610. The minimum atomic E-state index is -0.260. The number of amidine groups is 1. The molecule has 104 valence electrons. The predicted octanol–water partition coefficient (Wildman–Crippen LogP) is 4.91. The van der Waals surface area contributed by atoms with E-state index in [0.717, 1.165) is 21.8 Å². The Bertz CT molecular complexity index is 497. The summed E-state index contributed by atoms with van der Waals surface area (Å²) < 4.78 is 14.6. The van der Waals surface area contributed by atoms with Crippen molar-refractivity contribution in [3.63, 3.8) is 0 Å². The summed E-state index contributed by atoms with van der Waals surface area (Å²) >= 11 is 5.00. The quantitative estimate of drug-likeness (QED) is 0.782. The number of aliphatic imine (C=N–C) groups is 1. The molecule has 5 heteroatoms. The van der Waals surface area contributed by atoms with Gasteiger partial charge in [0.15, 0.2) is 5.17 Å². The maximum Gasteiger partial charge on any atom is 0.161 e. The third-order valence-electron chi connectivity index (χ3n) is 3.07. The fourth-order valence-corrected chi connectivity index (χ4v) is 3.19. The van der Waals surface area contributed by atoms with Crippen LogP contribution in [0.15, 0.2) is 27.7 Å². The molecule has 1 N–H and O–H groups in total. The lowest BCUT2D eigenvalue weighted by Gasteiger charge is -2.31.